The summed E-state index contributed by atoms with van der Waals surface area (Å²) in [5.74, 6) is 1.23. The summed E-state index contributed by atoms with van der Waals surface area (Å²) in [7, 11) is 3.86. The lowest BCUT2D eigenvalue weighted by Crippen LogP contribution is -2.29. The van der Waals surface area contributed by atoms with Gasteiger partial charge in [-0.2, -0.15) is 4.98 Å². The number of nitrogens with one attached hydrogen (secondary N) is 2. The predicted octanol–water partition coefficient (Wildman–Crippen LogP) is 0.853. The summed E-state index contributed by atoms with van der Waals surface area (Å²) in [6, 6.07) is 1.91. The second-order valence-corrected chi connectivity index (χ2v) is 5.71. The van der Waals surface area contributed by atoms with Crippen molar-refractivity contribution in [3.63, 3.8) is 0 Å². The minimum atomic E-state index is -0.159. The zero-order chi connectivity index (χ0) is 16.1. The molecule has 2 heterocycles. The first-order valence-electron chi connectivity index (χ1n) is 6.81. The molecule has 0 saturated carbocycles. The van der Waals surface area contributed by atoms with Crippen LogP contribution in [0.25, 0.3) is 0 Å². The first-order valence-corrected chi connectivity index (χ1v) is 7.58. The minimum Gasteiger partial charge on any atom is -0.363 e. The first-order chi connectivity index (χ1) is 10.5. The second-order valence-electron chi connectivity index (χ2n) is 4.96. The van der Waals surface area contributed by atoms with Gasteiger partial charge in [0.05, 0.1) is 5.69 Å². The fraction of sp³-hybridized carbons (Fsp3) is 0.462. The summed E-state index contributed by atoms with van der Waals surface area (Å²) in [6.45, 7) is 4.68. The van der Waals surface area contributed by atoms with Gasteiger partial charge in [-0.25, -0.2) is 4.98 Å². The Kier molecular flexibility index (Phi) is 5.21. The van der Waals surface area contributed by atoms with Gasteiger partial charge in [0.25, 0.3) is 5.91 Å². The Bertz CT molecular complexity index is 656. The van der Waals surface area contributed by atoms with Crippen molar-refractivity contribution < 1.29 is 4.79 Å². The Morgan fingerprint density at radius 2 is 2.05 bits per heavy atom. The number of hydrogen-bond donors (Lipinski definition) is 2. The third kappa shape index (κ3) is 4.10. The Labute approximate surface area is 133 Å². The van der Waals surface area contributed by atoms with E-state index in [4.69, 9.17) is 0 Å². The number of rotatable bonds is 6. The van der Waals surface area contributed by atoms with E-state index in [9.17, 15) is 4.79 Å². The summed E-state index contributed by atoms with van der Waals surface area (Å²) < 4.78 is 3.75. The summed E-state index contributed by atoms with van der Waals surface area (Å²) >= 11 is 1.10. The van der Waals surface area contributed by atoms with Crippen molar-refractivity contribution in [1.29, 1.82) is 0 Å². The molecule has 2 aromatic heterocycles. The van der Waals surface area contributed by atoms with Crippen molar-refractivity contribution in [2.24, 2.45) is 0 Å². The van der Waals surface area contributed by atoms with Crippen LogP contribution in [0.1, 0.15) is 21.1 Å². The number of carbonyl (C=O) groups excluding carboxylic acids is 1. The average Bonchev–Trinajstić information content (AvgIpc) is 2.89. The Morgan fingerprint density at radius 1 is 1.27 bits per heavy atom. The molecule has 22 heavy (non-hydrogen) atoms. The van der Waals surface area contributed by atoms with E-state index in [1.54, 1.807) is 6.92 Å². The standard InChI is InChI=1S/C13H19N7OS/c1-8-7-10(20(3)4)17-13(16-8)15-6-5-14-12(21)11-9(2)18-19-22-11/h7H,5-6H2,1-4H3,(H,14,21)(H,15,16,17). The maximum Gasteiger partial charge on any atom is 0.265 e. The fourth-order valence-electron chi connectivity index (χ4n) is 1.73. The topological polar surface area (TPSA) is 95.9 Å². The van der Waals surface area contributed by atoms with Gasteiger partial charge in [0.15, 0.2) is 0 Å². The molecule has 0 spiro atoms. The number of amides is 1. The van der Waals surface area contributed by atoms with Crippen molar-refractivity contribution >= 4 is 29.2 Å². The predicted molar refractivity (Wildman–Crippen MR) is 86.6 cm³/mol. The minimum absolute atomic E-state index is 0.159. The van der Waals surface area contributed by atoms with Crippen LogP contribution < -0.4 is 15.5 Å². The molecule has 2 rings (SSSR count). The molecule has 0 aromatic carbocycles. The van der Waals surface area contributed by atoms with Crippen molar-refractivity contribution in [1.82, 2.24) is 24.9 Å². The molecular formula is C13H19N7OS. The lowest BCUT2D eigenvalue weighted by atomic mass is 10.4. The van der Waals surface area contributed by atoms with Gasteiger partial charge in [-0.15, -0.1) is 5.10 Å². The number of carbonyl (C=O) groups is 1. The molecule has 1 amide bonds. The number of anilines is 2. The molecule has 8 nitrogen and oxygen atoms in total. The lowest BCUT2D eigenvalue weighted by Gasteiger charge is -2.13. The van der Waals surface area contributed by atoms with E-state index in [1.807, 2.05) is 32.0 Å². The van der Waals surface area contributed by atoms with Gasteiger partial charge < -0.3 is 15.5 Å². The third-order valence-electron chi connectivity index (χ3n) is 2.85. The molecule has 0 fully saturated rings. The third-order valence-corrected chi connectivity index (χ3v) is 3.68. The second kappa shape index (κ2) is 7.12. The highest BCUT2D eigenvalue weighted by molar-refractivity contribution is 7.07. The van der Waals surface area contributed by atoms with E-state index in [-0.39, 0.29) is 5.91 Å². The van der Waals surface area contributed by atoms with Gasteiger partial charge in [0.2, 0.25) is 5.95 Å². The Hall–Kier alpha value is -2.29. The maximum absolute atomic E-state index is 11.9. The molecule has 0 aliphatic carbocycles. The lowest BCUT2D eigenvalue weighted by molar-refractivity contribution is 0.0958. The van der Waals surface area contributed by atoms with Crippen LogP contribution >= 0.6 is 11.5 Å². The smallest absolute Gasteiger partial charge is 0.265 e. The van der Waals surface area contributed by atoms with Crippen LogP contribution in [-0.2, 0) is 0 Å². The van der Waals surface area contributed by atoms with Crippen LogP contribution in [0.4, 0.5) is 11.8 Å². The summed E-state index contributed by atoms with van der Waals surface area (Å²) in [6.07, 6.45) is 0. The van der Waals surface area contributed by atoms with Gasteiger partial charge in [0, 0.05) is 38.9 Å². The number of aryl methyl sites for hydroxylation is 2. The fourth-order valence-corrected chi connectivity index (χ4v) is 2.30. The van der Waals surface area contributed by atoms with Gasteiger partial charge in [-0.05, 0) is 25.4 Å². The van der Waals surface area contributed by atoms with Gasteiger partial charge in [-0.3, -0.25) is 4.79 Å². The number of nitrogens with zero attached hydrogens (tertiary/aromatic N) is 5. The molecular weight excluding hydrogens is 302 g/mol. The van der Waals surface area contributed by atoms with Gasteiger partial charge in [0.1, 0.15) is 10.7 Å². The van der Waals surface area contributed by atoms with E-state index < -0.39 is 0 Å². The van der Waals surface area contributed by atoms with Crippen molar-refractivity contribution in [2.45, 2.75) is 13.8 Å². The van der Waals surface area contributed by atoms with Crippen molar-refractivity contribution in [2.75, 3.05) is 37.4 Å². The highest BCUT2D eigenvalue weighted by Crippen LogP contribution is 2.11. The Balaban J connectivity index is 1.84. The summed E-state index contributed by atoms with van der Waals surface area (Å²) in [4.78, 5) is 23.1. The summed E-state index contributed by atoms with van der Waals surface area (Å²) in [5, 5.41) is 9.73. The van der Waals surface area contributed by atoms with Crippen LogP contribution in [0.15, 0.2) is 6.07 Å². The van der Waals surface area contributed by atoms with E-state index in [0.29, 0.717) is 29.6 Å². The molecule has 2 N–H and O–H groups in total. The number of aromatic nitrogens is 4. The van der Waals surface area contributed by atoms with Crippen LogP contribution in [0.2, 0.25) is 0 Å². The maximum atomic E-state index is 11.9. The van der Waals surface area contributed by atoms with Crippen molar-refractivity contribution in [3.8, 4) is 0 Å². The quantitative estimate of drug-likeness (QED) is 0.762. The molecule has 2 aromatic rings. The number of hydrogen-bond acceptors (Lipinski definition) is 8. The van der Waals surface area contributed by atoms with Crippen LogP contribution in [0, 0.1) is 13.8 Å². The van der Waals surface area contributed by atoms with E-state index in [1.165, 1.54) is 0 Å². The molecule has 0 radical (unpaired) electrons. The van der Waals surface area contributed by atoms with Crippen LogP contribution in [0.5, 0.6) is 0 Å². The average molecular weight is 321 g/mol. The largest absolute Gasteiger partial charge is 0.363 e. The van der Waals surface area contributed by atoms with E-state index >= 15 is 0 Å². The Morgan fingerprint density at radius 3 is 2.68 bits per heavy atom. The first kappa shape index (κ1) is 16.1. The van der Waals surface area contributed by atoms with Crippen molar-refractivity contribution in [3.05, 3.63) is 22.3 Å². The van der Waals surface area contributed by atoms with E-state index in [0.717, 1.165) is 23.0 Å². The summed E-state index contributed by atoms with van der Waals surface area (Å²) in [5.41, 5.74) is 1.53. The highest BCUT2D eigenvalue weighted by Gasteiger charge is 2.12. The molecule has 0 unspecified atom stereocenters. The van der Waals surface area contributed by atoms with Gasteiger partial charge in [-0.1, -0.05) is 4.49 Å². The molecule has 0 aliphatic rings. The zero-order valence-electron chi connectivity index (χ0n) is 13.0. The van der Waals surface area contributed by atoms with E-state index in [2.05, 4.69) is 30.2 Å². The molecule has 0 atom stereocenters. The normalized spacial score (nSPS) is 10.4. The molecule has 9 heteroatoms. The monoisotopic (exact) mass is 321 g/mol. The molecule has 118 valence electrons. The van der Waals surface area contributed by atoms with Crippen LogP contribution in [0.3, 0.4) is 0 Å². The highest BCUT2D eigenvalue weighted by atomic mass is 32.1. The molecule has 0 bridgehead atoms. The zero-order valence-corrected chi connectivity index (χ0v) is 13.9. The van der Waals surface area contributed by atoms with Gasteiger partial charge >= 0.3 is 0 Å². The van der Waals surface area contributed by atoms with Crippen LogP contribution in [-0.4, -0.2) is 52.6 Å². The molecule has 0 aliphatic heterocycles. The SMILES string of the molecule is Cc1cc(N(C)C)nc(NCCNC(=O)c2snnc2C)n1. The molecule has 0 saturated heterocycles.